The second kappa shape index (κ2) is 7.57. The van der Waals surface area contributed by atoms with E-state index in [0.717, 1.165) is 0 Å². The SMILES string of the molecule is CCOC(=O)[C@H](O)[C@](O)(COCc1ccccc1)C(F)(F)F. The summed E-state index contributed by atoms with van der Waals surface area (Å²) < 4.78 is 48.1. The van der Waals surface area contributed by atoms with Crippen LogP contribution in [-0.4, -0.2) is 47.3 Å². The first-order chi connectivity index (χ1) is 10.2. The van der Waals surface area contributed by atoms with Gasteiger partial charge in [-0.25, -0.2) is 4.79 Å². The van der Waals surface area contributed by atoms with Gasteiger partial charge in [0.25, 0.3) is 0 Å². The molecule has 0 spiro atoms. The van der Waals surface area contributed by atoms with Gasteiger partial charge in [-0.1, -0.05) is 30.3 Å². The number of rotatable bonds is 7. The number of carbonyl (C=O) groups excluding carboxylic acids is 1. The highest BCUT2D eigenvalue weighted by Gasteiger charge is 2.61. The fraction of sp³-hybridized carbons (Fsp3) is 0.500. The summed E-state index contributed by atoms with van der Waals surface area (Å²) in [6.07, 6.45) is -8.06. The third-order valence-corrected chi connectivity index (χ3v) is 2.89. The molecule has 0 saturated heterocycles. The summed E-state index contributed by atoms with van der Waals surface area (Å²) in [6, 6.07) is 8.30. The number of halogens is 3. The fourth-order valence-electron chi connectivity index (χ4n) is 1.63. The zero-order valence-corrected chi connectivity index (χ0v) is 11.8. The van der Waals surface area contributed by atoms with Crippen molar-refractivity contribution in [2.75, 3.05) is 13.2 Å². The van der Waals surface area contributed by atoms with Crippen molar-refractivity contribution in [3.8, 4) is 0 Å². The summed E-state index contributed by atoms with van der Waals surface area (Å²) in [4.78, 5) is 11.3. The minimum atomic E-state index is -5.27. The molecule has 5 nitrogen and oxygen atoms in total. The Morgan fingerprint density at radius 2 is 1.86 bits per heavy atom. The second-order valence-corrected chi connectivity index (χ2v) is 4.55. The number of esters is 1. The van der Waals surface area contributed by atoms with E-state index in [0.29, 0.717) is 5.56 Å². The molecule has 0 heterocycles. The molecule has 0 amide bonds. The van der Waals surface area contributed by atoms with E-state index in [1.807, 2.05) is 0 Å². The molecule has 1 rings (SSSR count). The van der Waals surface area contributed by atoms with Gasteiger partial charge in [0.15, 0.2) is 6.10 Å². The van der Waals surface area contributed by atoms with Crippen molar-refractivity contribution in [3.63, 3.8) is 0 Å². The van der Waals surface area contributed by atoms with Crippen molar-refractivity contribution in [1.82, 2.24) is 0 Å². The minimum absolute atomic E-state index is 0.214. The van der Waals surface area contributed by atoms with Crippen molar-refractivity contribution >= 4 is 5.97 Å². The van der Waals surface area contributed by atoms with Gasteiger partial charge in [-0.2, -0.15) is 13.2 Å². The molecule has 2 atom stereocenters. The number of ether oxygens (including phenoxy) is 2. The van der Waals surface area contributed by atoms with Gasteiger partial charge < -0.3 is 19.7 Å². The standard InChI is InChI=1S/C14H17F3O5/c1-2-22-12(19)11(18)13(20,14(15,16)17)9-21-8-10-6-4-3-5-7-10/h3-7,11,18,20H,2,8-9H2,1H3/t11-,13+/m0/s1. The Bertz CT molecular complexity index is 477. The van der Waals surface area contributed by atoms with Crippen molar-refractivity contribution in [1.29, 1.82) is 0 Å². The molecule has 124 valence electrons. The fourth-order valence-corrected chi connectivity index (χ4v) is 1.63. The van der Waals surface area contributed by atoms with Crippen LogP contribution >= 0.6 is 0 Å². The molecular weight excluding hydrogens is 305 g/mol. The normalized spacial score (nSPS) is 15.9. The van der Waals surface area contributed by atoms with Crippen LogP contribution in [-0.2, 0) is 20.9 Å². The van der Waals surface area contributed by atoms with Crippen molar-refractivity contribution in [3.05, 3.63) is 35.9 Å². The number of hydrogen-bond acceptors (Lipinski definition) is 5. The van der Waals surface area contributed by atoms with E-state index < -0.39 is 30.5 Å². The summed E-state index contributed by atoms with van der Waals surface area (Å²) in [5.74, 6) is -1.56. The van der Waals surface area contributed by atoms with Crippen molar-refractivity contribution in [2.45, 2.75) is 31.4 Å². The van der Waals surface area contributed by atoms with Gasteiger partial charge in [0.05, 0.1) is 19.8 Å². The summed E-state index contributed by atoms with van der Waals surface area (Å²) in [5, 5.41) is 19.2. The van der Waals surface area contributed by atoms with E-state index >= 15 is 0 Å². The third kappa shape index (κ3) is 4.43. The minimum Gasteiger partial charge on any atom is -0.464 e. The Labute approximate surface area is 125 Å². The molecule has 0 aliphatic carbocycles. The zero-order chi connectivity index (χ0) is 16.8. The first-order valence-corrected chi connectivity index (χ1v) is 6.48. The first-order valence-electron chi connectivity index (χ1n) is 6.48. The maximum atomic E-state index is 13.0. The lowest BCUT2D eigenvalue weighted by molar-refractivity contribution is -0.303. The Kier molecular flexibility index (Phi) is 6.34. The van der Waals surface area contributed by atoms with E-state index in [2.05, 4.69) is 4.74 Å². The Morgan fingerprint density at radius 3 is 2.36 bits per heavy atom. The molecule has 0 aromatic heterocycles. The predicted molar refractivity (Wildman–Crippen MR) is 69.7 cm³/mol. The number of aliphatic hydroxyl groups excluding tert-OH is 1. The smallest absolute Gasteiger partial charge is 0.422 e. The summed E-state index contributed by atoms with van der Waals surface area (Å²) in [6.45, 7) is -0.377. The van der Waals surface area contributed by atoms with Gasteiger partial charge in [0, 0.05) is 0 Å². The van der Waals surface area contributed by atoms with Gasteiger partial charge in [-0.05, 0) is 12.5 Å². The van der Waals surface area contributed by atoms with E-state index in [-0.39, 0.29) is 13.2 Å². The molecule has 0 unspecified atom stereocenters. The first kappa shape index (κ1) is 18.4. The van der Waals surface area contributed by atoms with Gasteiger partial charge in [0.1, 0.15) is 0 Å². The van der Waals surface area contributed by atoms with Crippen molar-refractivity contribution < 1.29 is 37.7 Å². The molecule has 0 aliphatic rings. The average Bonchev–Trinajstić information content (AvgIpc) is 2.46. The van der Waals surface area contributed by atoms with E-state index in [1.54, 1.807) is 30.3 Å². The van der Waals surface area contributed by atoms with Crippen LogP contribution in [0.25, 0.3) is 0 Å². The van der Waals surface area contributed by atoms with Gasteiger partial charge in [0.2, 0.25) is 5.60 Å². The van der Waals surface area contributed by atoms with Crippen LogP contribution in [0, 0.1) is 0 Å². The lowest BCUT2D eigenvalue weighted by Gasteiger charge is -2.33. The van der Waals surface area contributed by atoms with Gasteiger partial charge >= 0.3 is 12.1 Å². The van der Waals surface area contributed by atoms with Crippen LogP contribution in [0.4, 0.5) is 13.2 Å². The lowest BCUT2D eigenvalue weighted by Crippen LogP contribution is -2.60. The number of benzene rings is 1. The topological polar surface area (TPSA) is 76.0 Å². The molecule has 0 fully saturated rings. The monoisotopic (exact) mass is 322 g/mol. The highest BCUT2D eigenvalue weighted by molar-refractivity contribution is 5.76. The van der Waals surface area contributed by atoms with Crippen LogP contribution in [0.5, 0.6) is 0 Å². The van der Waals surface area contributed by atoms with Crippen LogP contribution in [0.2, 0.25) is 0 Å². The number of carbonyl (C=O) groups is 1. The second-order valence-electron chi connectivity index (χ2n) is 4.55. The van der Waals surface area contributed by atoms with Crippen LogP contribution in [0.15, 0.2) is 30.3 Å². The van der Waals surface area contributed by atoms with Crippen LogP contribution < -0.4 is 0 Å². The van der Waals surface area contributed by atoms with Gasteiger partial charge in [-0.15, -0.1) is 0 Å². The van der Waals surface area contributed by atoms with E-state index in [1.165, 1.54) is 6.92 Å². The summed E-state index contributed by atoms with van der Waals surface area (Å²) in [5.41, 5.74) is -3.16. The van der Waals surface area contributed by atoms with E-state index in [4.69, 9.17) is 4.74 Å². The largest absolute Gasteiger partial charge is 0.464 e. The molecule has 0 aliphatic heterocycles. The molecule has 22 heavy (non-hydrogen) atoms. The highest BCUT2D eigenvalue weighted by atomic mass is 19.4. The summed E-state index contributed by atoms with van der Waals surface area (Å²) in [7, 11) is 0. The van der Waals surface area contributed by atoms with Gasteiger partial charge in [-0.3, -0.25) is 0 Å². The van der Waals surface area contributed by atoms with Crippen LogP contribution in [0.3, 0.4) is 0 Å². The molecule has 0 radical (unpaired) electrons. The van der Waals surface area contributed by atoms with E-state index in [9.17, 15) is 28.2 Å². The van der Waals surface area contributed by atoms with Crippen LogP contribution in [0.1, 0.15) is 12.5 Å². The Morgan fingerprint density at radius 1 is 1.27 bits per heavy atom. The average molecular weight is 322 g/mol. The number of hydrogen-bond donors (Lipinski definition) is 2. The quantitative estimate of drug-likeness (QED) is 0.743. The maximum absolute atomic E-state index is 13.0. The molecule has 0 saturated carbocycles. The summed E-state index contributed by atoms with van der Waals surface area (Å²) >= 11 is 0. The predicted octanol–water partition coefficient (Wildman–Crippen LogP) is 1.42. The molecular formula is C14H17F3O5. The Balaban J connectivity index is 2.78. The molecule has 1 aromatic carbocycles. The number of aliphatic hydroxyl groups is 2. The molecule has 2 N–H and O–H groups in total. The maximum Gasteiger partial charge on any atom is 0.422 e. The molecule has 1 aromatic rings. The third-order valence-electron chi connectivity index (χ3n) is 2.89. The highest BCUT2D eigenvalue weighted by Crippen LogP contribution is 2.34. The Hall–Kier alpha value is -1.64. The zero-order valence-electron chi connectivity index (χ0n) is 11.8. The van der Waals surface area contributed by atoms with Crippen molar-refractivity contribution in [2.24, 2.45) is 0 Å². The lowest BCUT2D eigenvalue weighted by atomic mass is 9.97. The molecule has 8 heteroatoms. The molecule has 0 bridgehead atoms. The number of alkyl halides is 3.